The summed E-state index contributed by atoms with van der Waals surface area (Å²) in [4.78, 5) is 17.8. The first kappa shape index (κ1) is 24.7. The van der Waals surface area contributed by atoms with Gasteiger partial charge in [-0.3, -0.25) is 4.90 Å². The maximum atomic E-state index is 9.19. The maximum Gasteiger partial charge on any atom is 0.150 e. The fourth-order valence-corrected chi connectivity index (χ4v) is 4.71. The first-order valence-corrected chi connectivity index (χ1v) is 12.8. The Morgan fingerprint density at radius 1 is 1.15 bits per heavy atom. The van der Waals surface area contributed by atoms with Gasteiger partial charge in [-0.25, -0.2) is 9.97 Å². The number of pyridine rings is 1. The van der Waals surface area contributed by atoms with Crippen molar-refractivity contribution in [2.24, 2.45) is 5.41 Å². The van der Waals surface area contributed by atoms with E-state index < -0.39 is 0 Å². The van der Waals surface area contributed by atoms with Gasteiger partial charge in [0.25, 0.3) is 0 Å². The molecule has 4 rings (SSSR count). The molecule has 1 fully saturated rings. The predicted molar refractivity (Wildman–Crippen MR) is 141 cm³/mol. The molecule has 3 aromatic rings. The Kier molecular flexibility index (Phi) is 7.91. The van der Waals surface area contributed by atoms with Gasteiger partial charge in [-0.15, -0.1) is 0 Å². The molecule has 34 heavy (non-hydrogen) atoms. The molecule has 0 atom stereocenters. The number of rotatable bonds is 11. The maximum absolute atomic E-state index is 9.19. The van der Waals surface area contributed by atoms with Gasteiger partial charge in [0.05, 0.1) is 5.52 Å². The van der Waals surface area contributed by atoms with Gasteiger partial charge in [-0.2, -0.15) is 0 Å². The SMILES string of the molecule is CCCCc1nc2c([nH]1)c(N)nc1ccc(N3CCN(CNCCC(C)(C)CCO)CC3)cc12. The number of imidazole rings is 1. The summed E-state index contributed by atoms with van der Waals surface area (Å²) in [5.74, 6) is 1.51. The van der Waals surface area contributed by atoms with Crippen LogP contribution in [0.4, 0.5) is 11.5 Å². The summed E-state index contributed by atoms with van der Waals surface area (Å²) in [5, 5.41) is 13.8. The van der Waals surface area contributed by atoms with Crippen LogP contribution in [0, 0.1) is 5.41 Å². The van der Waals surface area contributed by atoms with E-state index >= 15 is 0 Å². The van der Waals surface area contributed by atoms with Crippen LogP contribution in [0.2, 0.25) is 0 Å². The molecule has 1 aromatic carbocycles. The average Bonchev–Trinajstić information content (AvgIpc) is 3.26. The molecule has 1 aliphatic rings. The smallest absolute Gasteiger partial charge is 0.150 e. The average molecular weight is 468 g/mol. The number of nitrogens with zero attached hydrogens (tertiary/aromatic N) is 4. The van der Waals surface area contributed by atoms with Crippen molar-refractivity contribution in [1.29, 1.82) is 0 Å². The third kappa shape index (κ3) is 5.79. The zero-order chi connectivity index (χ0) is 24.1. The molecule has 5 N–H and O–H groups in total. The standard InChI is InChI=1S/C26H41N7O/c1-4-5-6-22-30-23-20-17-19(7-8-21(20)29-25(27)24(23)31-22)33-14-12-32(13-15-33)18-28-11-9-26(2,3)10-16-34/h7-8,17,28,34H,4-6,9-16,18H2,1-3H3,(H2,27,29)(H,30,31). The molecule has 8 nitrogen and oxygen atoms in total. The van der Waals surface area contributed by atoms with Crippen LogP contribution in [-0.2, 0) is 6.42 Å². The highest BCUT2D eigenvalue weighted by Crippen LogP contribution is 2.30. The highest BCUT2D eigenvalue weighted by Gasteiger charge is 2.20. The van der Waals surface area contributed by atoms with Crippen LogP contribution < -0.4 is 16.0 Å². The van der Waals surface area contributed by atoms with Crippen molar-refractivity contribution in [2.75, 3.05) is 56.6 Å². The summed E-state index contributed by atoms with van der Waals surface area (Å²) in [5.41, 5.74) is 10.3. The largest absolute Gasteiger partial charge is 0.396 e. The van der Waals surface area contributed by atoms with Crippen LogP contribution in [0.15, 0.2) is 18.2 Å². The molecule has 0 radical (unpaired) electrons. The number of aliphatic hydroxyl groups is 1. The molecule has 0 amide bonds. The van der Waals surface area contributed by atoms with E-state index in [0.29, 0.717) is 5.82 Å². The lowest BCUT2D eigenvalue weighted by Crippen LogP contribution is -2.49. The summed E-state index contributed by atoms with van der Waals surface area (Å²) in [7, 11) is 0. The molecule has 1 aliphatic heterocycles. The summed E-state index contributed by atoms with van der Waals surface area (Å²) < 4.78 is 0. The minimum Gasteiger partial charge on any atom is -0.396 e. The number of benzene rings is 1. The van der Waals surface area contributed by atoms with Gasteiger partial charge in [0.15, 0.2) is 0 Å². The number of nitrogens with one attached hydrogen (secondary N) is 2. The number of H-pyrrole nitrogens is 1. The van der Waals surface area contributed by atoms with Crippen molar-refractivity contribution in [3.05, 3.63) is 24.0 Å². The summed E-state index contributed by atoms with van der Waals surface area (Å²) in [6.07, 6.45) is 5.10. The molecule has 0 saturated carbocycles. The zero-order valence-electron chi connectivity index (χ0n) is 21.0. The molecule has 2 aromatic heterocycles. The van der Waals surface area contributed by atoms with Crippen LogP contribution >= 0.6 is 0 Å². The second kappa shape index (κ2) is 10.9. The number of unbranched alkanes of at least 4 members (excludes halogenated alkanes) is 1. The Balaban J connectivity index is 1.38. The zero-order valence-corrected chi connectivity index (χ0v) is 21.0. The number of hydrogen-bond donors (Lipinski definition) is 4. The Bertz CT molecular complexity index is 1090. The van der Waals surface area contributed by atoms with E-state index in [1.54, 1.807) is 0 Å². The first-order chi connectivity index (χ1) is 16.4. The van der Waals surface area contributed by atoms with E-state index in [-0.39, 0.29) is 12.0 Å². The molecule has 0 bridgehead atoms. The van der Waals surface area contributed by atoms with E-state index in [0.717, 1.165) is 99.3 Å². The summed E-state index contributed by atoms with van der Waals surface area (Å²) in [6.45, 7) is 12.9. The number of piperazine rings is 1. The Hall–Kier alpha value is -2.42. The molecule has 3 heterocycles. The molecule has 186 valence electrons. The number of nitrogen functional groups attached to an aromatic ring is 1. The number of aliphatic hydroxyl groups excluding tert-OH is 1. The minimum absolute atomic E-state index is 0.187. The number of fused-ring (bicyclic) bond motifs is 3. The van der Waals surface area contributed by atoms with E-state index in [1.165, 1.54) is 5.69 Å². The van der Waals surface area contributed by atoms with Crippen LogP contribution in [0.3, 0.4) is 0 Å². The Labute approximate surface area is 202 Å². The van der Waals surface area contributed by atoms with Gasteiger partial charge in [-0.1, -0.05) is 27.2 Å². The fraction of sp³-hybridized carbons (Fsp3) is 0.615. The number of aryl methyl sites for hydroxylation is 1. The molecular weight excluding hydrogens is 426 g/mol. The lowest BCUT2D eigenvalue weighted by molar-refractivity contribution is 0.192. The van der Waals surface area contributed by atoms with Crippen LogP contribution in [0.5, 0.6) is 0 Å². The molecule has 8 heteroatoms. The van der Waals surface area contributed by atoms with Gasteiger partial charge in [-0.05, 0) is 49.4 Å². The number of anilines is 2. The van der Waals surface area contributed by atoms with E-state index in [1.807, 2.05) is 0 Å². The van der Waals surface area contributed by atoms with E-state index in [2.05, 4.69) is 64.1 Å². The minimum atomic E-state index is 0.187. The molecule has 0 unspecified atom stereocenters. The monoisotopic (exact) mass is 467 g/mol. The third-order valence-corrected chi connectivity index (χ3v) is 7.09. The molecule has 0 spiro atoms. The van der Waals surface area contributed by atoms with E-state index in [4.69, 9.17) is 10.7 Å². The molecule has 1 saturated heterocycles. The highest BCUT2D eigenvalue weighted by molar-refractivity contribution is 6.07. The second-order valence-electron chi connectivity index (χ2n) is 10.4. The Morgan fingerprint density at radius 2 is 1.94 bits per heavy atom. The quantitative estimate of drug-likeness (QED) is 0.320. The van der Waals surface area contributed by atoms with Gasteiger partial charge in [0.2, 0.25) is 0 Å². The topological polar surface area (TPSA) is 106 Å². The number of hydrogen-bond acceptors (Lipinski definition) is 7. The second-order valence-corrected chi connectivity index (χ2v) is 10.4. The highest BCUT2D eigenvalue weighted by atomic mass is 16.3. The van der Waals surface area contributed by atoms with Crippen LogP contribution in [0.1, 0.15) is 52.3 Å². The lowest BCUT2D eigenvalue weighted by atomic mass is 9.86. The third-order valence-electron chi connectivity index (χ3n) is 7.09. The summed E-state index contributed by atoms with van der Waals surface area (Å²) in [6, 6.07) is 6.46. The number of aromatic nitrogens is 3. The first-order valence-electron chi connectivity index (χ1n) is 12.8. The molecule has 0 aliphatic carbocycles. The van der Waals surface area contributed by atoms with Crippen molar-refractivity contribution in [1.82, 2.24) is 25.2 Å². The normalized spacial score (nSPS) is 15.6. The van der Waals surface area contributed by atoms with Crippen LogP contribution in [0.25, 0.3) is 21.9 Å². The molecular formula is C26H41N7O. The van der Waals surface area contributed by atoms with Crippen molar-refractivity contribution < 1.29 is 5.11 Å². The van der Waals surface area contributed by atoms with E-state index in [9.17, 15) is 5.11 Å². The van der Waals surface area contributed by atoms with Gasteiger partial charge < -0.3 is 26.0 Å². The van der Waals surface area contributed by atoms with Gasteiger partial charge in [0, 0.05) is 56.9 Å². The van der Waals surface area contributed by atoms with Crippen molar-refractivity contribution in [3.63, 3.8) is 0 Å². The van der Waals surface area contributed by atoms with Crippen molar-refractivity contribution in [3.8, 4) is 0 Å². The fourth-order valence-electron chi connectivity index (χ4n) is 4.71. The number of nitrogens with two attached hydrogens (primary N) is 1. The Morgan fingerprint density at radius 3 is 2.68 bits per heavy atom. The van der Waals surface area contributed by atoms with Crippen molar-refractivity contribution in [2.45, 2.75) is 52.9 Å². The van der Waals surface area contributed by atoms with Gasteiger partial charge in [0.1, 0.15) is 22.7 Å². The number of aromatic amines is 1. The van der Waals surface area contributed by atoms with Gasteiger partial charge >= 0.3 is 0 Å². The lowest BCUT2D eigenvalue weighted by Gasteiger charge is -2.36. The van der Waals surface area contributed by atoms with Crippen molar-refractivity contribution >= 4 is 33.4 Å². The summed E-state index contributed by atoms with van der Waals surface area (Å²) >= 11 is 0. The predicted octanol–water partition coefficient (Wildman–Crippen LogP) is 3.50. The van der Waals surface area contributed by atoms with Crippen LogP contribution in [-0.4, -0.2) is 71.0 Å².